The van der Waals surface area contributed by atoms with Crippen LogP contribution in [0.2, 0.25) is 0 Å². The van der Waals surface area contributed by atoms with Crippen molar-refractivity contribution in [3.05, 3.63) is 0 Å². The van der Waals surface area contributed by atoms with E-state index in [-0.39, 0.29) is 23.9 Å². The van der Waals surface area contributed by atoms with E-state index in [1.54, 1.807) is 0 Å². The summed E-state index contributed by atoms with van der Waals surface area (Å²) in [6.07, 6.45) is 5.07. The van der Waals surface area contributed by atoms with Crippen molar-refractivity contribution in [2.24, 2.45) is 0 Å². The van der Waals surface area contributed by atoms with Crippen molar-refractivity contribution in [2.45, 2.75) is 65.0 Å². The van der Waals surface area contributed by atoms with Crippen LogP contribution in [0.25, 0.3) is 0 Å². The molecule has 0 spiro atoms. The number of likely N-dealkylation sites (tertiary alicyclic amines) is 1. The highest BCUT2D eigenvalue weighted by Crippen LogP contribution is 2.10. The molecule has 2 amide bonds. The van der Waals surface area contributed by atoms with E-state index in [1.807, 2.05) is 25.7 Å². The predicted octanol–water partition coefficient (Wildman–Crippen LogP) is 1.28. The van der Waals surface area contributed by atoms with E-state index >= 15 is 0 Å². The maximum absolute atomic E-state index is 12.3. The number of nitrogens with zero attached hydrogens (tertiary/aromatic N) is 1. The van der Waals surface area contributed by atoms with Gasteiger partial charge in [0.15, 0.2) is 0 Å². The van der Waals surface area contributed by atoms with Crippen LogP contribution in [0.3, 0.4) is 0 Å². The maximum atomic E-state index is 12.3. The average molecular weight is 283 g/mol. The summed E-state index contributed by atoms with van der Waals surface area (Å²) in [5, 5.41) is 6.00. The lowest BCUT2D eigenvalue weighted by Crippen LogP contribution is -2.46. The molecule has 20 heavy (non-hydrogen) atoms. The molecule has 1 fully saturated rings. The zero-order chi connectivity index (χ0) is 15.0. The fourth-order valence-electron chi connectivity index (χ4n) is 2.45. The number of carbonyl (C=O) groups excluding carboxylic acids is 2. The van der Waals surface area contributed by atoms with Crippen LogP contribution in [0.4, 0.5) is 0 Å². The normalized spacial score (nSPS) is 17.7. The van der Waals surface area contributed by atoms with Gasteiger partial charge in [0, 0.05) is 32.1 Å². The predicted molar refractivity (Wildman–Crippen MR) is 80.4 cm³/mol. The molecule has 1 aliphatic heterocycles. The molecular formula is C15H29N3O2. The van der Waals surface area contributed by atoms with Gasteiger partial charge in [-0.25, -0.2) is 0 Å². The molecule has 1 atom stereocenters. The summed E-state index contributed by atoms with van der Waals surface area (Å²) < 4.78 is 0. The molecule has 0 bridgehead atoms. The topological polar surface area (TPSA) is 61.4 Å². The van der Waals surface area contributed by atoms with Gasteiger partial charge in [0.25, 0.3) is 0 Å². The maximum Gasteiger partial charge on any atom is 0.239 e. The van der Waals surface area contributed by atoms with Gasteiger partial charge in [-0.2, -0.15) is 0 Å². The van der Waals surface area contributed by atoms with Crippen LogP contribution in [0.5, 0.6) is 0 Å². The van der Waals surface area contributed by atoms with Crippen molar-refractivity contribution in [1.82, 2.24) is 15.5 Å². The molecule has 1 unspecified atom stereocenters. The highest BCUT2D eigenvalue weighted by Gasteiger charge is 2.20. The van der Waals surface area contributed by atoms with Gasteiger partial charge < -0.3 is 15.5 Å². The van der Waals surface area contributed by atoms with Gasteiger partial charge in [0.05, 0.1) is 6.04 Å². The third-order valence-electron chi connectivity index (χ3n) is 3.54. The second kappa shape index (κ2) is 8.95. The summed E-state index contributed by atoms with van der Waals surface area (Å²) in [7, 11) is 0. The zero-order valence-electron chi connectivity index (χ0n) is 13.1. The Morgan fingerprint density at radius 2 is 1.65 bits per heavy atom. The molecule has 2 N–H and O–H groups in total. The van der Waals surface area contributed by atoms with Crippen LogP contribution in [0, 0.1) is 0 Å². The number of hydrogen-bond acceptors (Lipinski definition) is 3. The minimum atomic E-state index is -0.208. The van der Waals surface area contributed by atoms with E-state index in [0.717, 1.165) is 25.9 Å². The standard InChI is InChI=1S/C15H29N3O2/c1-12(2)17-14(19)8-9-16-13(3)15(20)18-10-6-4-5-7-11-18/h12-13,16H,4-11H2,1-3H3,(H,17,19). The lowest BCUT2D eigenvalue weighted by Gasteiger charge is -2.24. The van der Waals surface area contributed by atoms with E-state index in [9.17, 15) is 9.59 Å². The van der Waals surface area contributed by atoms with Crippen LogP contribution < -0.4 is 10.6 Å². The van der Waals surface area contributed by atoms with Crippen molar-refractivity contribution >= 4 is 11.8 Å². The zero-order valence-corrected chi connectivity index (χ0v) is 13.1. The molecule has 1 saturated heterocycles. The van der Waals surface area contributed by atoms with Crippen molar-refractivity contribution < 1.29 is 9.59 Å². The Morgan fingerprint density at radius 3 is 2.20 bits per heavy atom. The largest absolute Gasteiger partial charge is 0.354 e. The lowest BCUT2D eigenvalue weighted by molar-refractivity contribution is -0.133. The SMILES string of the molecule is CC(C)NC(=O)CCNC(C)C(=O)N1CCCCCC1. The fraction of sp³-hybridized carbons (Fsp3) is 0.867. The van der Waals surface area contributed by atoms with E-state index < -0.39 is 0 Å². The van der Waals surface area contributed by atoms with Gasteiger partial charge in [-0.1, -0.05) is 12.8 Å². The van der Waals surface area contributed by atoms with Crippen LogP contribution in [-0.2, 0) is 9.59 Å². The highest BCUT2D eigenvalue weighted by atomic mass is 16.2. The molecule has 0 aromatic heterocycles. The molecule has 1 aliphatic rings. The van der Waals surface area contributed by atoms with Gasteiger partial charge in [0.1, 0.15) is 0 Å². The smallest absolute Gasteiger partial charge is 0.239 e. The molecule has 5 heteroatoms. The lowest BCUT2D eigenvalue weighted by atomic mass is 10.2. The second-order valence-electron chi connectivity index (χ2n) is 5.89. The molecule has 1 rings (SSSR count). The van der Waals surface area contributed by atoms with Crippen molar-refractivity contribution in [3.8, 4) is 0 Å². The third-order valence-corrected chi connectivity index (χ3v) is 3.54. The molecule has 0 saturated carbocycles. The summed E-state index contributed by atoms with van der Waals surface area (Å²) >= 11 is 0. The summed E-state index contributed by atoms with van der Waals surface area (Å²) in [5.41, 5.74) is 0. The van der Waals surface area contributed by atoms with E-state index in [2.05, 4.69) is 10.6 Å². The number of nitrogens with one attached hydrogen (secondary N) is 2. The molecular weight excluding hydrogens is 254 g/mol. The minimum Gasteiger partial charge on any atom is -0.354 e. The monoisotopic (exact) mass is 283 g/mol. The van der Waals surface area contributed by atoms with E-state index in [0.29, 0.717) is 13.0 Å². The van der Waals surface area contributed by atoms with E-state index in [1.165, 1.54) is 12.8 Å². The summed E-state index contributed by atoms with van der Waals surface area (Å²) in [5.74, 6) is 0.193. The first-order valence-electron chi connectivity index (χ1n) is 7.82. The summed E-state index contributed by atoms with van der Waals surface area (Å²) in [6, 6.07) is -0.0430. The van der Waals surface area contributed by atoms with Crippen LogP contribution >= 0.6 is 0 Å². The first-order valence-corrected chi connectivity index (χ1v) is 7.82. The quantitative estimate of drug-likeness (QED) is 0.772. The number of rotatable bonds is 6. The number of amides is 2. The summed E-state index contributed by atoms with van der Waals surface area (Å²) in [4.78, 5) is 25.7. The number of carbonyl (C=O) groups is 2. The Balaban J connectivity index is 2.25. The Kier molecular flexibility index (Phi) is 7.59. The fourth-order valence-corrected chi connectivity index (χ4v) is 2.45. The van der Waals surface area contributed by atoms with Crippen molar-refractivity contribution in [2.75, 3.05) is 19.6 Å². The molecule has 0 radical (unpaired) electrons. The first kappa shape index (κ1) is 17.0. The van der Waals surface area contributed by atoms with Gasteiger partial charge in [-0.3, -0.25) is 9.59 Å². The van der Waals surface area contributed by atoms with Crippen LogP contribution in [0.15, 0.2) is 0 Å². The molecule has 116 valence electrons. The Bertz CT molecular complexity index is 310. The van der Waals surface area contributed by atoms with Gasteiger partial charge >= 0.3 is 0 Å². The Labute approximate surface area is 122 Å². The Morgan fingerprint density at radius 1 is 1.05 bits per heavy atom. The molecule has 0 aromatic carbocycles. The second-order valence-corrected chi connectivity index (χ2v) is 5.89. The summed E-state index contributed by atoms with van der Waals surface area (Å²) in [6.45, 7) is 8.05. The molecule has 5 nitrogen and oxygen atoms in total. The molecule has 1 heterocycles. The average Bonchev–Trinajstić information content (AvgIpc) is 2.65. The Hall–Kier alpha value is -1.10. The van der Waals surface area contributed by atoms with Gasteiger partial charge in [-0.15, -0.1) is 0 Å². The molecule has 0 aliphatic carbocycles. The third kappa shape index (κ3) is 6.37. The number of hydrogen-bond donors (Lipinski definition) is 2. The van der Waals surface area contributed by atoms with Crippen molar-refractivity contribution in [1.29, 1.82) is 0 Å². The highest BCUT2D eigenvalue weighted by molar-refractivity contribution is 5.81. The minimum absolute atomic E-state index is 0.0296. The van der Waals surface area contributed by atoms with Crippen LogP contribution in [0.1, 0.15) is 52.9 Å². The van der Waals surface area contributed by atoms with Gasteiger partial charge in [0.2, 0.25) is 11.8 Å². The molecule has 0 aromatic rings. The first-order chi connectivity index (χ1) is 9.50. The van der Waals surface area contributed by atoms with E-state index in [4.69, 9.17) is 0 Å². The van der Waals surface area contributed by atoms with Crippen molar-refractivity contribution in [3.63, 3.8) is 0 Å². The van der Waals surface area contributed by atoms with Gasteiger partial charge in [-0.05, 0) is 33.6 Å². The van der Waals surface area contributed by atoms with Crippen LogP contribution in [-0.4, -0.2) is 48.4 Å².